The van der Waals surface area contributed by atoms with Gasteiger partial charge in [0.25, 0.3) is 0 Å². The maximum absolute atomic E-state index is 12.5. The highest BCUT2D eigenvalue weighted by Crippen LogP contribution is 2.40. The van der Waals surface area contributed by atoms with Gasteiger partial charge in [0.1, 0.15) is 5.54 Å². The Morgan fingerprint density at radius 2 is 1.90 bits per heavy atom. The van der Waals surface area contributed by atoms with Crippen LogP contribution in [0, 0.1) is 5.92 Å². The third-order valence-electron chi connectivity index (χ3n) is 3.67. The summed E-state index contributed by atoms with van der Waals surface area (Å²) in [6.45, 7) is 3.01. The summed E-state index contributed by atoms with van der Waals surface area (Å²) in [7, 11) is 0. The van der Waals surface area contributed by atoms with Crippen molar-refractivity contribution in [3.05, 3.63) is 0 Å². The van der Waals surface area contributed by atoms with Gasteiger partial charge in [0, 0.05) is 6.54 Å². The van der Waals surface area contributed by atoms with E-state index >= 15 is 0 Å². The highest BCUT2D eigenvalue weighted by Gasteiger charge is 2.52. The van der Waals surface area contributed by atoms with Crippen molar-refractivity contribution in [1.29, 1.82) is 0 Å². The summed E-state index contributed by atoms with van der Waals surface area (Å²) in [5, 5.41) is 12.5. The van der Waals surface area contributed by atoms with Crippen LogP contribution >= 0.6 is 0 Å². The Morgan fingerprint density at radius 1 is 1.30 bits per heavy atom. The maximum Gasteiger partial charge on any atom is 0.401 e. The number of carbonyl (C=O) groups is 1. The molecular weight excluding hydrogens is 273 g/mol. The van der Waals surface area contributed by atoms with Crippen molar-refractivity contribution >= 4 is 5.97 Å². The second kappa shape index (κ2) is 6.76. The fourth-order valence-electron chi connectivity index (χ4n) is 2.46. The average Bonchev–Trinajstić information content (AvgIpc) is 3.15. The molecule has 0 radical (unpaired) electrons. The van der Waals surface area contributed by atoms with Crippen molar-refractivity contribution in [2.24, 2.45) is 5.92 Å². The molecule has 0 aromatic rings. The Hall–Kier alpha value is -0.820. The van der Waals surface area contributed by atoms with Gasteiger partial charge in [-0.3, -0.25) is 9.69 Å². The summed E-state index contributed by atoms with van der Waals surface area (Å²) < 4.78 is 37.6. The summed E-state index contributed by atoms with van der Waals surface area (Å²) >= 11 is 0. The van der Waals surface area contributed by atoms with Gasteiger partial charge < -0.3 is 10.4 Å². The molecule has 0 aromatic carbocycles. The number of aliphatic carboxylic acids is 1. The van der Waals surface area contributed by atoms with Crippen LogP contribution in [0.15, 0.2) is 0 Å². The van der Waals surface area contributed by atoms with Crippen LogP contribution in [0.3, 0.4) is 0 Å². The molecule has 20 heavy (non-hydrogen) atoms. The molecule has 7 heteroatoms. The number of carboxylic acids is 1. The quantitative estimate of drug-likeness (QED) is 0.684. The van der Waals surface area contributed by atoms with Crippen LogP contribution in [0.2, 0.25) is 0 Å². The third kappa shape index (κ3) is 4.63. The lowest BCUT2D eigenvalue weighted by molar-refractivity contribution is -0.157. The molecule has 2 N–H and O–H groups in total. The summed E-state index contributed by atoms with van der Waals surface area (Å²) in [6.07, 6.45) is -2.05. The molecule has 0 aromatic heterocycles. The minimum atomic E-state index is -4.31. The van der Waals surface area contributed by atoms with Crippen molar-refractivity contribution in [2.75, 3.05) is 26.2 Å². The first-order chi connectivity index (χ1) is 9.25. The smallest absolute Gasteiger partial charge is 0.401 e. The molecule has 0 aliphatic heterocycles. The van der Waals surface area contributed by atoms with E-state index in [0.29, 0.717) is 6.54 Å². The van der Waals surface area contributed by atoms with Gasteiger partial charge in [0.2, 0.25) is 0 Å². The fourth-order valence-corrected chi connectivity index (χ4v) is 2.46. The molecule has 1 aliphatic rings. The third-order valence-corrected chi connectivity index (χ3v) is 3.67. The van der Waals surface area contributed by atoms with E-state index in [0.717, 1.165) is 24.2 Å². The van der Waals surface area contributed by atoms with Crippen molar-refractivity contribution in [3.63, 3.8) is 0 Å². The van der Waals surface area contributed by atoms with Crippen LogP contribution in [0.5, 0.6) is 0 Å². The van der Waals surface area contributed by atoms with Crippen LogP contribution in [-0.2, 0) is 4.79 Å². The van der Waals surface area contributed by atoms with Crippen molar-refractivity contribution in [1.82, 2.24) is 10.2 Å². The number of carboxylic acid groups (broad SMARTS) is 1. The summed E-state index contributed by atoms with van der Waals surface area (Å²) in [4.78, 5) is 12.8. The first kappa shape index (κ1) is 17.2. The van der Waals surface area contributed by atoms with Crippen molar-refractivity contribution in [3.8, 4) is 0 Å². The van der Waals surface area contributed by atoms with Gasteiger partial charge in [-0.1, -0.05) is 13.8 Å². The largest absolute Gasteiger partial charge is 0.480 e. The molecular formula is C13H23F3N2O2. The predicted molar refractivity (Wildman–Crippen MR) is 69.6 cm³/mol. The zero-order valence-corrected chi connectivity index (χ0v) is 12.0. The van der Waals surface area contributed by atoms with Crippen molar-refractivity contribution in [2.45, 2.75) is 44.8 Å². The molecule has 4 nitrogen and oxygen atoms in total. The maximum atomic E-state index is 12.5. The molecule has 1 unspecified atom stereocenters. The lowest BCUT2D eigenvalue weighted by Crippen LogP contribution is -2.61. The molecule has 0 saturated heterocycles. The van der Waals surface area contributed by atoms with Gasteiger partial charge in [-0.25, -0.2) is 0 Å². The number of hydrogen-bond acceptors (Lipinski definition) is 3. The molecule has 1 saturated carbocycles. The highest BCUT2D eigenvalue weighted by atomic mass is 19.4. The van der Waals surface area contributed by atoms with E-state index in [2.05, 4.69) is 5.32 Å². The van der Waals surface area contributed by atoms with Gasteiger partial charge in [0.15, 0.2) is 0 Å². The average molecular weight is 296 g/mol. The molecule has 0 bridgehead atoms. The zero-order valence-electron chi connectivity index (χ0n) is 12.0. The van der Waals surface area contributed by atoms with Crippen molar-refractivity contribution < 1.29 is 23.1 Å². The number of nitrogens with zero attached hydrogens (tertiary/aromatic N) is 1. The molecule has 0 heterocycles. The number of likely N-dealkylation sites (N-methyl/N-ethyl adjacent to an activating group) is 1. The molecule has 1 aliphatic carbocycles. The standard InChI is InChI=1S/C13H23F3N2O2/c1-3-7-17-12(11(19)20,10-5-6-10)8-18(4-2)9-13(14,15)16/h10,17H,3-9H2,1-2H3,(H,19,20). The summed E-state index contributed by atoms with van der Waals surface area (Å²) in [5.74, 6) is -1.12. The molecule has 1 rings (SSSR count). The van der Waals surface area contributed by atoms with Gasteiger partial charge >= 0.3 is 12.1 Å². The Morgan fingerprint density at radius 3 is 2.25 bits per heavy atom. The van der Waals surface area contributed by atoms with Gasteiger partial charge in [0.05, 0.1) is 6.54 Å². The SMILES string of the molecule is CCCNC(CN(CC)CC(F)(F)F)(C(=O)O)C1CC1. The van der Waals surface area contributed by atoms with Crippen LogP contribution in [0.25, 0.3) is 0 Å². The minimum absolute atomic E-state index is 0.0752. The second-order valence-electron chi connectivity index (χ2n) is 5.40. The van der Waals surface area contributed by atoms with E-state index in [4.69, 9.17) is 0 Å². The summed E-state index contributed by atoms with van der Waals surface area (Å²) in [5.41, 5.74) is -1.25. The highest BCUT2D eigenvalue weighted by molar-refractivity contribution is 5.80. The Kier molecular flexibility index (Phi) is 5.82. The predicted octanol–water partition coefficient (Wildman–Crippen LogP) is 2.10. The second-order valence-corrected chi connectivity index (χ2v) is 5.40. The fraction of sp³-hybridized carbons (Fsp3) is 0.923. The van der Waals surface area contributed by atoms with Gasteiger partial charge in [-0.2, -0.15) is 13.2 Å². The Balaban J connectivity index is 2.83. The first-order valence-corrected chi connectivity index (χ1v) is 7.02. The monoisotopic (exact) mass is 296 g/mol. The van der Waals surface area contributed by atoms with E-state index in [1.807, 2.05) is 6.92 Å². The lowest BCUT2D eigenvalue weighted by atomic mass is 9.92. The lowest BCUT2D eigenvalue weighted by Gasteiger charge is -2.36. The van der Waals surface area contributed by atoms with E-state index in [1.54, 1.807) is 6.92 Å². The number of rotatable bonds is 9. The molecule has 118 valence electrons. The van der Waals surface area contributed by atoms with Crippen LogP contribution in [-0.4, -0.2) is 53.9 Å². The summed E-state index contributed by atoms with van der Waals surface area (Å²) in [6, 6.07) is 0. The molecule has 1 atom stereocenters. The molecule has 0 spiro atoms. The molecule has 1 fully saturated rings. The minimum Gasteiger partial charge on any atom is -0.480 e. The number of hydrogen-bond donors (Lipinski definition) is 2. The van der Waals surface area contributed by atoms with Gasteiger partial charge in [-0.05, 0) is 38.3 Å². The number of nitrogens with one attached hydrogen (secondary N) is 1. The Labute approximate surface area is 117 Å². The van der Waals surface area contributed by atoms with E-state index in [9.17, 15) is 23.1 Å². The first-order valence-electron chi connectivity index (χ1n) is 7.02. The van der Waals surface area contributed by atoms with E-state index in [1.165, 1.54) is 0 Å². The van der Waals surface area contributed by atoms with E-state index < -0.39 is 24.2 Å². The van der Waals surface area contributed by atoms with Crippen LogP contribution in [0.1, 0.15) is 33.1 Å². The van der Waals surface area contributed by atoms with Crippen LogP contribution < -0.4 is 5.32 Å². The van der Waals surface area contributed by atoms with Crippen LogP contribution in [0.4, 0.5) is 13.2 Å². The van der Waals surface area contributed by atoms with Gasteiger partial charge in [-0.15, -0.1) is 0 Å². The number of halogens is 3. The molecule has 0 amide bonds. The number of alkyl halides is 3. The van der Waals surface area contributed by atoms with E-state index in [-0.39, 0.29) is 19.0 Å². The Bertz CT molecular complexity index is 332. The topological polar surface area (TPSA) is 52.6 Å². The zero-order chi connectivity index (χ0) is 15.4. The normalized spacial score (nSPS) is 19.1.